The number of hydrogen-bond donors (Lipinski definition) is 1. The predicted octanol–water partition coefficient (Wildman–Crippen LogP) is 1.88. The summed E-state index contributed by atoms with van der Waals surface area (Å²) in [6.45, 7) is 0.767. The minimum atomic E-state index is -0.0743. The molecule has 1 N–H and O–H groups in total. The van der Waals surface area contributed by atoms with E-state index in [1.807, 2.05) is 12.3 Å². The van der Waals surface area contributed by atoms with Crippen LogP contribution in [0.3, 0.4) is 0 Å². The molecule has 0 radical (unpaired) electrons. The molecule has 2 unspecified atom stereocenters. The highest BCUT2D eigenvalue weighted by atomic mass is 16.5. The van der Waals surface area contributed by atoms with Crippen molar-refractivity contribution in [2.24, 2.45) is 0 Å². The molecule has 0 spiro atoms. The Bertz CT molecular complexity index is 480. The molecule has 1 aliphatic carbocycles. The van der Waals surface area contributed by atoms with E-state index in [1.54, 1.807) is 7.11 Å². The van der Waals surface area contributed by atoms with Crippen molar-refractivity contribution >= 4 is 5.78 Å². The maximum Gasteiger partial charge on any atom is 0.155 e. The van der Waals surface area contributed by atoms with Crippen molar-refractivity contribution in [3.63, 3.8) is 0 Å². The van der Waals surface area contributed by atoms with Crippen LogP contribution in [0.2, 0.25) is 0 Å². The Kier molecular flexibility index (Phi) is 4.70. The molecule has 1 saturated carbocycles. The van der Waals surface area contributed by atoms with Gasteiger partial charge in [0, 0.05) is 19.9 Å². The zero-order chi connectivity index (χ0) is 14.7. The van der Waals surface area contributed by atoms with Gasteiger partial charge in [0.1, 0.15) is 0 Å². The molecule has 2 aliphatic rings. The summed E-state index contributed by atoms with van der Waals surface area (Å²) < 4.78 is 7.36. The Morgan fingerprint density at radius 1 is 1.43 bits per heavy atom. The number of hydrogen-bond acceptors (Lipinski definition) is 4. The van der Waals surface area contributed by atoms with Gasteiger partial charge >= 0.3 is 0 Å². The number of ether oxygens (including phenoxy) is 1. The van der Waals surface area contributed by atoms with Crippen LogP contribution in [0.5, 0.6) is 0 Å². The molecule has 1 saturated heterocycles. The summed E-state index contributed by atoms with van der Waals surface area (Å²) in [5.41, 5.74) is 0.897. The average molecular weight is 291 g/mol. The molecule has 1 aromatic heterocycles. The van der Waals surface area contributed by atoms with E-state index in [0.717, 1.165) is 18.7 Å². The lowest BCUT2D eigenvalue weighted by atomic mass is 9.96. The lowest BCUT2D eigenvalue weighted by Gasteiger charge is -2.21. The highest BCUT2D eigenvalue weighted by Crippen LogP contribution is 2.27. The molecular weight excluding hydrogens is 266 g/mol. The zero-order valence-corrected chi connectivity index (χ0v) is 12.8. The van der Waals surface area contributed by atoms with E-state index >= 15 is 0 Å². The number of carbonyl (C=O) groups is 1. The first-order valence-electron chi connectivity index (χ1n) is 8.09. The fourth-order valence-electron chi connectivity index (χ4n) is 3.45. The van der Waals surface area contributed by atoms with Gasteiger partial charge in [-0.3, -0.25) is 9.48 Å². The van der Waals surface area contributed by atoms with Crippen LogP contribution in [0.1, 0.15) is 50.3 Å². The van der Waals surface area contributed by atoms with E-state index < -0.39 is 0 Å². The average Bonchev–Trinajstić information content (AvgIpc) is 3.17. The molecule has 5 nitrogen and oxygen atoms in total. The van der Waals surface area contributed by atoms with Gasteiger partial charge in [-0.25, -0.2) is 0 Å². The van der Waals surface area contributed by atoms with Gasteiger partial charge in [-0.2, -0.15) is 5.10 Å². The Labute approximate surface area is 126 Å². The zero-order valence-electron chi connectivity index (χ0n) is 12.8. The van der Waals surface area contributed by atoms with Crippen LogP contribution >= 0.6 is 0 Å². The third-order valence-corrected chi connectivity index (χ3v) is 4.78. The quantitative estimate of drug-likeness (QED) is 0.900. The second-order valence-electron chi connectivity index (χ2n) is 6.28. The molecular formula is C16H25N3O2. The van der Waals surface area contributed by atoms with Crippen LogP contribution in [0.4, 0.5) is 0 Å². The molecule has 3 rings (SSSR count). The maximum absolute atomic E-state index is 12.3. The maximum atomic E-state index is 12.3. The van der Waals surface area contributed by atoms with Crippen molar-refractivity contribution in [1.29, 1.82) is 0 Å². The Morgan fingerprint density at radius 3 is 2.95 bits per heavy atom. The fraction of sp³-hybridized carbons (Fsp3) is 0.750. The molecule has 0 amide bonds. The van der Waals surface area contributed by atoms with Gasteiger partial charge in [0.2, 0.25) is 0 Å². The first-order valence-corrected chi connectivity index (χ1v) is 8.09. The summed E-state index contributed by atoms with van der Waals surface area (Å²) in [6, 6.07) is 2.45. The van der Waals surface area contributed by atoms with E-state index in [0.29, 0.717) is 12.5 Å². The highest BCUT2D eigenvalue weighted by Gasteiger charge is 2.29. The predicted molar refractivity (Wildman–Crippen MR) is 80.3 cm³/mol. The van der Waals surface area contributed by atoms with Crippen LogP contribution in [-0.2, 0) is 16.0 Å². The van der Waals surface area contributed by atoms with Gasteiger partial charge in [-0.05, 0) is 25.3 Å². The van der Waals surface area contributed by atoms with Gasteiger partial charge in [-0.15, -0.1) is 0 Å². The number of ketones is 1. The standard InChI is InChI=1S/C16H25N3O2/c1-21-14-10-15(17-11-14)16(20)9-12-7-8-19(18-12)13-5-3-2-4-6-13/h7-8,13-15,17H,2-6,9-11H2,1H3. The van der Waals surface area contributed by atoms with Gasteiger partial charge < -0.3 is 10.1 Å². The number of carbonyl (C=O) groups excluding carboxylic acids is 1. The molecule has 5 heteroatoms. The number of nitrogens with one attached hydrogen (secondary N) is 1. The second kappa shape index (κ2) is 6.71. The van der Waals surface area contributed by atoms with Gasteiger partial charge in [0.25, 0.3) is 0 Å². The summed E-state index contributed by atoms with van der Waals surface area (Å²) in [5.74, 6) is 0.225. The summed E-state index contributed by atoms with van der Waals surface area (Å²) >= 11 is 0. The summed E-state index contributed by atoms with van der Waals surface area (Å²) in [7, 11) is 1.70. The van der Waals surface area contributed by atoms with Crippen LogP contribution in [0.15, 0.2) is 12.3 Å². The molecule has 1 aromatic rings. The van der Waals surface area contributed by atoms with E-state index in [4.69, 9.17) is 4.74 Å². The first-order chi connectivity index (χ1) is 10.3. The third-order valence-electron chi connectivity index (χ3n) is 4.78. The molecule has 0 bridgehead atoms. The Hall–Kier alpha value is -1.20. The SMILES string of the molecule is COC1CNC(C(=O)Cc2ccn(C3CCCCC3)n2)C1. The summed E-state index contributed by atoms with van der Waals surface area (Å²) in [5, 5.41) is 7.86. The number of aromatic nitrogens is 2. The number of Topliss-reactive ketones (excluding diaryl/α,β-unsaturated/α-hetero) is 1. The van der Waals surface area contributed by atoms with Crippen molar-refractivity contribution in [2.75, 3.05) is 13.7 Å². The molecule has 2 heterocycles. The molecule has 21 heavy (non-hydrogen) atoms. The lowest BCUT2D eigenvalue weighted by molar-refractivity contribution is -0.120. The molecule has 2 atom stereocenters. The fourth-order valence-corrected chi connectivity index (χ4v) is 3.45. The van der Waals surface area contributed by atoms with Crippen LogP contribution in [0.25, 0.3) is 0 Å². The Balaban J connectivity index is 1.55. The van der Waals surface area contributed by atoms with Crippen molar-refractivity contribution < 1.29 is 9.53 Å². The van der Waals surface area contributed by atoms with Crippen molar-refractivity contribution in [1.82, 2.24) is 15.1 Å². The third kappa shape index (κ3) is 3.52. The number of nitrogens with zero attached hydrogens (tertiary/aromatic N) is 2. The van der Waals surface area contributed by atoms with E-state index in [9.17, 15) is 4.79 Å². The number of methoxy groups -OCH3 is 1. The molecule has 1 aliphatic heterocycles. The topological polar surface area (TPSA) is 56.1 Å². The summed E-state index contributed by atoms with van der Waals surface area (Å²) in [6.07, 6.45) is 9.77. The molecule has 116 valence electrons. The molecule has 2 fully saturated rings. The lowest BCUT2D eigenvalue weighted by Crippen LogP contribution is -2.32. The largest absolute Gasteiger partial charge is 0.380 e. The smallest absolute Gasteiger partial charge is 0.155 e. The van der Waals surface area contributed by atoms with Gasteiger partial charge in [-0.1, -0.05) is 19.3 Å². The second-order valence-corrected chi connectivity index (χ2v) is 6.28. The normalized spacial score (nSPS) is 27.1. The monoisotopic (exact) mass is 291 g/mol. The van der Waals surface area contributed by atoms with Crippen LogP contribution in [-0.4, -0.2) is 41.4 Å². The van der Waals surface area contributed by atoms with E-state index in [1.165, 1.54) is 32.1 Å². The summed E-state index contributed by atoms with van der Waals surface area (Å²) in [4.78, 5) is 12.3. The first kappa shape index (κ1) is 14.7. The number of rotatable bonds is 5. The highest BCUT2D eigenvalue weighted by molar-refractivity contribution is 5.86. The van der Waals surface area contributed by atoms with E-state index in [2.05, 4.69) is 15.1 Å². The van der Waals surface area contributed by atoms with Gasteiger partial charge in [0.15, 0.2) is 5.78 Å². The minimum absolute atomic E-state index is 0.0743. The van der Waals surface area contributed by atoms with Crippen LogP contribution < -0.4 is 5.32 Å². The van der Waals surface area contributed by atoms with Crippen molar-refractivity contribution in [3.05, 3.63) is 18.0 Å². The molecule has 0 aromatic carbocycles. The van der Waals surface area contributed by atoms with Crippen molar-refractivity contribution in [3.8, 4) is 0 Å². The van der Waals surface area contributed by atoms with E-state index in [-0.39, 0.29) is 17.9 Å². The van der Waals surface area contributed by atoms with Crippen molar-refractivity contribution in [2.45, 2.75) is 63.1 Å². The minimum Gasteiger partial charge on any atom is -0.380 e. The Morgan fingerprint density at radius 2 is 2.24 bits per heavy atom. The van der Waals surface area contributed by atoms with Gasteiger partial charge in [0.05, 0.1) is 30.3 Å². The van der Waals surface area contributed by atoms with Crippen LogP contribution in [0, 0.1) is 0 Å².